The van der Waals surface area contributed by atoms with Crippen molar-refractivity contribution in [2.24, 2.45) is 0 Å². The van der Waals surface area contributed by atoms with E-state index in [-0.39, 0.29) is 12.2 Å². The van der Waals surface area contributed by atoms with Crippen LogP contribution in [0.3, 0.4) is 0 Å². The van der Waals surface area contributed by atoms with Crippen molar-refractivity contribution in [3.05, 3.63) is 29.8 Å². The van der Waals surface area contributed by atoms with Crippen LogP contribution in [0, 0.1) is 0 Å². The SMILES string of the molecule is CC(=O)c1ccc(OCCCCCC(Br)C(F)(F)F)cc1. The van der Waals surface area contributed by atoms with Gasteiger partial charge in [0, 0.05) is 5.56 Å². The van der Waals surface area contributed by atoms with Crippen LogP contribution in [0.15, 0.2) is 24.3 Å². The molecule has 0 aromatic heterocycles. The van der Waals surface area contributed by atoms with Crippen molar-refractivity contribution >= 4 is 21.7 Å². The Morgan fingerprint density at radius 3 is 2.33 bits per heavy atom. The standard InChI is InChI=1S/C15H18BrF3O2/c1-11(20)12-6-8-13(9-7-12)21-10-4-2-3-5-14(16)15(17,18)19/h6-9,14H,2-5,10H2,1H3. The third-order valence-corrected chi connectivity index (χ3v) is 3.96. The van der Waals surface area contributed by atoms with Gasteiger partial charge in [-0.05, 0) is 44.0 Å². The molecule has 0 bridgehead atoms. The third kappa shape index (κ3) is 6.98. The lowest BCUT2D eigenvalue weighted by molar-refractivity contribution is -0.128. The van der Waals surface area contributed by atoms with Crippen molar-refractivity contribution in [2.75, 3.05) is 6.61 Å². The van der Waals surface area contributed by atoms with E-state index < -0.39 is 11.0 Å². The number of unbranched alkanes of at least 4 members (excludes halogenated alkanes) is 2. The molecule has 1 aromatic rings. The van der Waals surface area contributed by atoms with Gasteiger partial charge in [0.1, 0.15) is 10.6 Å². The highest BCUT2D eigenvalue weighted by Crippen LogP contribution is 2.30. The van der Waals surface area contributed by atoms with Gasteiger partial charge in [0.05, 0.1) is 6.61 Å². The predicted molar refractivity (Wildman–Crippen MR) is 79.2 cm³/mol. The van der Waals surface area contributed by atoms with Crippen molar-refractivity contribution in [2.45, 2.75) is 43.6 Å². The van der Waals surface area contributed by atoms with Gasteiger partial charge in [-0.1, -0.05) is 28.8 Å². The Balaban J connectivity index is 2.16. The van der Waals surface area contributed by atoms with Gasteiger partial charge >= 0.3 is 6.18 Å². The minimum absolute atomic E-state index is 0.00413. The number of hydrogen-bond donors (Lipinski definition) is 0. The molecule has 0 aliphatic heterocycles. The van der Waals surface area contributed by atoms with E-state index in [0.29, 0.717) is 37.2 Å². The topological polar surface area (TPSA) is 26.3 Å². The predicted octanol–water partition coefficient (Wildman–Crippen LogP) is 5.15. The zero-order chi connectivity index (χ0) is 15.9. The first-order valence-electron chi connectivity index (χ1n) is 6.75. The number of ketones is 1. The number of Topliss-reactive ketones (excluding diaryl/α,β-unsaturated/α-hetero) is 1. The maximum Gasteiger partial charge on any atom is 0.401 e. The number of carbonyl (C=O) groups is 1. The van der Waals surface area contributed by atoms with Crippen molar-refractivity contribution in [3.8, 4) is 5.75 Å². The van der Waals surface area contributed by atoms with Crippen LogP contribution in [-0.2, 0) is 0 Å². The van der Waals surface area contributed by atoms with Gasteiger partial charge < -0.3 is 4.74 Å². The van der Waals surface area contributed by atoms with Gasteiger partial charge in [-0.2, -0.15) is 13.2 Å². The fourth-order valence-electron chi connectivity index (χ4n) is 1.74. The molecule has 118 valence electrons. The Bertz CT molecular complexity index is 443. The molecule has 0 amide bonds. The van der Waals surface area contributed by atoms with Crippen molar-refractivity contribution in [1.29, 1.82) is 0 Å². The maximum absolute atomic E-state index is 12.2. The van der Waals surface area contributed by atoms with Crippen molar-refractivity contribution in [1.82, 2.24) is 0 Å². The first-order chi connectivity index (χ1) is 9.80. The summed E-state index contributed by atoms with van der Waals surface area (Å²) in [7, 11) is 0. The third-order valence-electron chi connectivity index (χ3n) is 2.99. The number of benzene rings is 1. The molecule has 0 saturated carbocycles. The van der Waals surface area contributed by atoms with Crippen molar-refractivity contribution in [3.63, 3.8) is 0 Å². The molecule has 1 aromatic carbocycles. The second-order valence-electron chi connectivity index (χ2n) is 4.79. The fourth-order valence-corrected chi connectivity index (χ4v) is 2.07. The first kappa shape index (κ1) is 18.0. The zero-order valence-corrected chi connectivity index (χ0v) is 13.3. The highest BCUT2D eigenvalue weighted by atomic mass is 79.9. The zero-order valence-electron chi connectivity index (χ0n) is 11.8. The molecule has 1 unspecified atom stereocenters. The highest BCUT2D eigenvalue weighted by Gasteiger charge is 2.36. The normalized spacial score (nSPS) is 13.0. The largest absolute Gasteiger partial charge is 0.494 e. The summed E-state index contributed by atoms with van der Waals surface area (Å²) in [6.45, 7) is 1.95. The smallest absolute Gasteiger partial charge is 0.401 e. The van der Waals surface area contributed by atoms with Crippen LogP contribution < -0.4 is 4.74 Å². The number of carbonyl (C=O) groups excluding carboxylic acids is 1. The molecule has 0 spiro atoms. The van der Waals surface area contributed by atoms with Crippen LogP contribution in [0.1, 0.15) is 43.0 Å². The van der Waals surface area contributed by atoms with Crippen LogP contribution in [0.25, 0.3) is 0 Å². The Labute approximate surface area is 130 Å². The Hall–Kier alpha value is -1.04. The summed E-state index contributed by atoms with van der Waals surface area (Å²) in [5.74, 6) is 0.657. The van der Waals surface area contributed by atoms with E-state index in [1.54, 1.807) is 24.3 Å². The summed E-state index contributed by atoms with van der Waals surface area (Å²) < 4.78 is 42.2. The number of ether oxygens (including phenoxy) is 1. The molecule has 0 aliphatic carbocycles. The van der Waals surface area contributed by atoms with Crippen molar-refractivity contribution < 1.29 is 22.7 Å². The van der Waals surface area contributed by atoms with E-state index in [1.807, 2.05) is 0 Å². The lowest BCUT2D eigenvalue weighted by Gasteiger charge is -2.13. The molecule has 2 nitrogen and oxygen atoms in total. The van der Waals surface area contributed by atoms with Crippen LogP contribution in [0.2, 0.25) is 0 Å². The van der Waals surface area contributed by atoms with Gasteiger partial charge in [0.2, 0.25) is 0 Å². The number of hydrogen-bond acceptors (Lipinski definition) is 2. The molecule has 1 rings (SSSR count). The molecule has 0 aliphatic rings. The second kappa shape index (κ2) is 8.41. The fraction of sp³-hybridized carbons (Fsp3) is 0.533. The summed E-state index contributed by atoms with van der Waals surface area (Å²) in [4.78, 5) is 9.66. The number of rotatable bonds is 8. The molecular weight excluding hydrogens is 349 g/mol. The molecule has 0 radical (unpaired) electrons. The van der Waals surface area contributed by atoms with E-state index in [0.717, 1.165) is 0 Å². The molecule has 0 fully saturated rings. The summed E-state index contributed by atoms with van der Waals surface area (Å²) >= 11 is 2.64. The minimum atomic E-state index is -4.17. The lowest BCUT2D eigenvalue weighted by atomic mass is 10.1. The lowest BCUT2D eigenvalue weighted by Crippen LogP contribution is -2.22. The van der Waals surface area contributed by atoms with Gasteiger partial charge in [0.15, 0.2) is 5.78 Å². The van der Waals surface area contributed by atoms with Crippen LogP contribution >= 0.6 is 15.9 Å². The van der Waals surface area contributed by atoms with E-state index in [4.69, 9.17) is 4.74 Å². The van der Waals surface area contributed by atoms with Gasteiger partial charge in [-0.3, -0.25) is 4.79 Å². The quantitative estimate of drug-likeness (QED) is 0.361. The molecule has 0 saturated heterocycles. The van der Waals surface area contributed by atoms with Gasteiger partial charge in [-0.15, -0.1) is 0 Å². The number of halogens is 4. The van der Waals surface area contributed by atoms with E-state index >= 15 is 0 Å². The second-order valence-corrected chi connectivity index (χ2v) is 5.89. The summed E-state index contributed by atoms with van der Waals surface area (Å²) in [5, 5.41) is 0. The number of alkyl halides is 4. The Morgan fingerprint density at radius 1 is 1.19 bits per heavy atom. The Kier molecular flexibility index (Phi) is 7.22. The Morgan fingerprint density at radius 2 is 1.81 bits per heavy atom. The molecular formula is C15H18BrF3O2. The van der Waals surface area contributed by atoms with E-state index in [1.165, 1.54) is 6.92 Å². The van der Waals surface area contributed by atoms with E-state index in [9.17, 15) is 18.0 Å². The van der Waals surface area contributed by atoms with Gasteiger partial charge in [-0.25, -0.2) is 0 Å². The average Bonchev–Trinajstić information content (AvgIpc) is 2.41. The van der Waals surface area contributed by atoms with Crippen LogP contribution in [-0.4, -0.2) is 23.4 Å². The average molecular weight is 367 g/mol. The molecule has 21 heavy (non-hydrogen) atoms. The summed E-state index contributed by atoms with van der Waals surface area (Å²) in [6.07, 6.45) is -2.20. The monoisotopic (exact) mass is 366 g/mol. The van der Waals surface area contributed by atoms with Crippen LogP contribution in [0.4, 0.5) is 13.2 Å². The van der Waals surface area contributed by atoms with Crippen LogP contribution in [0.5, 0.6) is 5.75 Å². The van der Waals surface area contributed by atoms with E-state index in [2.05, 4.69) is 15.9 Å². The minimum Gasteiger partial charge on any atom is -0.494 e. The maximum atomic E-state index is 12.2. The summed E-state index contributed by atoms with van der Waals surface area (Å²) in [5.41, 5.74) is 0.623. The molecule has 1 atom stereocenters. The van der Waals surface area contributed by atoms with Gasteiger partial charge in [0.25, 0.3) is 0 Å². The highest BCUT2D eigenvalue weighted by molar-refractivity contribution is 9.09. The first-order valence-corrected chi connectivity index (χ1v) is 7.67. The molecule has 6 heteroatoms. The molecule has 0 N–H and O–H groups in total. The summed E-state index contributed by atoms with van der Waals surface area (Å²) in [6, 6.07) is 6.82. The molecule has 0 heterocycles.